The van der Waals surface area contributed by atoms with Crippen LogP contribution >= 0.6 is 0 Å². The number of benzene rings is 2. The van der Waals surface area contributed by atoms with Crippen molar-refractivity contribution in [3.8, 4) is 0 Å². The summed E-state index contributed by atoms with van der Waals surface area (Å²) in [5.41, 5.74) is 4.25. The molecular formula is C33H44N4O2. The van der Waals surface area contributed by atoms with Crippen molar-refractivity contribution in [3.05, 3.63) is 89.7 Å². The molecule has 39 heavy (non-hydrogen) atoms. The van der Waals surface area contributed by atoms with Gasteiger partial charge in [-0.05, 0) is 61.9 Å². The van der Waals surface area contributed by atoms with Gasteiger partial charge in [0.15, 0.2) is 0 Å². The largest absolute Gasteiger partial charge is 0.345 e. The number of hydrogen-bond acceptors (Lipinski definition) is 2. The third-order valence-electron chi connectivity index (χ3n) is 8.12. The van der Waals surface area contributed by atoms with Crippen molar-refractivity contribution in [2.45, 2.75) is 90.9 Å². The maximum Gasteiger partial charge on any atom is 0.322 e. The van der Waals surface area contributed by atoms with Crippen LogP contribution in [0.3, 0.4) is 0 Å². The second-order valence-electron chi connectivity index (χ2n) is 10.8. The van der Waals surface area contributed by atoms with E-state index >= 15 is 0 Å². The minimum Gasteiger partial charge on any atom is -0.345 e. The fourth-order valence-corrected chi connectivity index (χ4v) is 5.54. The summed E-state index contributed by atoms with van der Waals surface area (Å²) >= 11 is 0. The zero-order valence-electron chi connectivity index (χ0n) is 23.8. The molecule has 1 aliphatic carbocycles. The number of nitrogens with zero attached hydrogens (tertiary/aromatic N) is 3. The van der Waals surface area contributed by atoms with Crippen molar-refractivity contribution in [1.82, 2.24) is 14.4 Å². The lowest BCUT2D eigenvalue weighted by molar-refractivity contribution is -0.136. The molecule has 1 saturated carbocycles. The number of carbonyl (C=O) groups is 2. The number of aryl methyl sites for hydroxylation is 1. The quantitative estimate of drug-likeness (QED) is 0.289. The first kappa shape index (κ1) is 28.5. The highest BCUT2D eigenvalue weighted by molar-refractivity contribution is 5.93. The Bertz CT molecular complexity index is 1200. The summed E-state index contributed by atoms with van der Waals surface area (Å²) in [6.45, 7) is 7.56. The first-order valence-electron chi connectivity index (χ1n) is 14.6. The minimum absolute atomic E-state index is 0.0218. The first-order chi connectivity index (χ1) is 19.0. The van der Waals surface area contributed by atoms with Crippen LogP contribution < -0.4 is 5.32 Å². The number of carbonyl (C=O) groups excluding carboxylic acids is 2. The van der Waals surface area contributed by atoms with Crippen LogP contribution in [0.1, 0.15) is 76.1 Å². The summed E-state index contributed by atoms with van der Waals surface area (Å²) in [5, 5.41) is 3.09. The van der Waals surface area contributed by atoms with Gasteiger partial charge in [0.05, 0.1) is 6.54 Å². The fourth-order valence-electron chi connectivity index (χ4n) is 5.54. The third-order valence-corrected chi connectivity index (χ3v) is 8.12. The van der Waals surface area contributed by atoms with E-state index in [-0.39, 0.29) is 30.6 Å². The maximum absolute atomic E-state index is 14.0. The summed E-state index contributed by atoms with van der Waals surface area (Å²) in [5.74, 6) is 0.0218. The molecule has 1 fully saturated rings. The van der Waals surface area contributed by atoms with Crippen molar-refractivity contribution in [2.75, 3.05) is 11.9 Å². The molecule has 1 aromatic heterocycles. The molecule has 2 aromatic carbocycles. The lowest BCUT2D eigenvalue weighted by atomic mass is 9.94. The van der Waals surface area contributed by atoms with Crippen molar-refractivity contribution in [3.63, 3.8) is 0 Å². The van der Waals surface area contributed by atoms with Gasteiger partial charge in [-0.2, -0.15) is 0 Å². The van der Waals surface area contributed by atoms with Crippen LogP contribution in [0.4, 0.5) is 10.5 Å². The van der Waals surface area contributed by atoms with Crippen LogP contribution in [0.2, 0.25) is 0 Å². The Kier molecular flexibility index (Phi) is 10.2. The molecule has 4 rings (SSSR count). The van der Waals surface area contributed by atoms with Gasteiger partial charge in [0.1, 0.15) is 6.54 Å². The van der Waals surface area contributed by atoms with E-state index in [1.807, 2.05) is 37.3 Å². The molecule has 1 atom stereocenters. The van der Waals surface area contributed by atoms with Crippen molar-refractivity contribution in [1.29, 1.82) is 0 Å². The molecule has 3 aromatic rings. The average molecular weight is 529 g/mol. The summed E-state index contributed by atoms with van der Waals surface area (Å²) in [4.78, 5) is 31.3. The normalized spacial score (nSPS) is 14.5. The highest BCUT2D eigenvalue weighted by Gasteiger charge is 2.30. The number of anilines is 1. The summed E-state index contributed by atoms with van der Waals surface area (Å²) < 4.78 is 2.24. The Hall–Kier alpha value is -3.54. The Morgan fingerprint density at radius 1 is 0.949 bits per heavy atom. The fraction of sp³-hybridized carbons (Fsp3) is 0.455. The average Bonchev–Trinajstić information content (AvgIpc) is 3.41. The SMILES string of the molecule is CCc1ccccc1NC(=O)N(CC(=O)N(Cc1cccn1Cc1ccccc1)C1CCCCC1)C(C)CC. The lowest BCUT2D eigenvalue weighted by Crippen LogP contribution is -2.50. The molecule has 3 amide bonds. The maximum atomic E-state index is 14.0. The van der Waals surface area contributed by atoms with E-state index in [2.05, 4.69) is 71.2 Å². The van der Waals surface area contributed by atoms with E-state index in [0.717, 1.165) is 62.0 Å². The third kappa shape index (κ3) is 7.53. The van der Waals surface area contributed by atoms with Gasteiger partial charge in [-0.3, -0.25) is 4.79 Å². The van der Waals surface area contributed by atoms with E-state index in [9.17, 15) is 9.59 Å². The monoisotopic (exact) mass is 528 g/mol. The van der Waals surface area contributed by atoms with E-state index < -0.39 is 0 Å². The van der Waals surface area contributed by atoms with Gasteiger partial charge in [0, 0.05) is 36.2 Å². The molecule has 0 spiro atoms. The van der Waals surface area contributed by atoms with Gasteiger partial charge in [-0.25, -0.2) is 4.79 Å². The molecule has 208 valence electrons. The number of hydrogen-bond donors (Lipinski definition) is 1. The molecule has 6 heteroatoms. The predicted octanol–water partition coefficient (Wildman–Crippen LogP) is 7.09. The Morgan fingerprint density at radius 2 is 1.67 bits per heavy atom. The van der Waals surface area contributed by atoms with Crippen molar-refractivity contribution in [2.24, 2.45) is 0 Å². The summed E-state index contributed by atoms with van der Waals surface area (Å²) in [6, 6.07) is 22.4. The van der Waals surface area contributed by atoms with Crippen LogP contribution in [0.15, 0.2) is 72.9 Å². The molecular weight excluding hydrogens is 484 g/mol. The number of amides is 3. The molecule has 0 bridgehead atoms. The van der Waals surface area contributed by atoms with Crippen LogP contribution in [-0.4, -0.2) is 44.9 Å². The Labute approximate surface area is 234 Å². The van der Waals surface area contributed by atoms with Gasteiger partial charge >= 0.3 is 6.03 Å². The second-order valence-corrected chi connectivity index (χ2v) is 10.8. The number of aromatic nitrogens is 1. The predicted molar refractivity (Wildman–Crippen MR) is 159 cm³/mol. The van der Waals surface area contributed by atoms with Crippen molar-refractivity contribution < 1.29 is 9.59 Å². The zero-order chi connectivity index (χ0) is 27.6. The van der Waals surface area contributed by atoms with Crippen LogP contribution in [0.5, 0.6) is 0 Å². The number of rotatable bonds is 11. The van der Waals surface area contributed by atoms with Crippen LogP contribution in [0.25, 0.3) is 0 Å². The molecule has 0 saturated heterocycles. The second kappa shape index (κ2) is 14.0. The number of para-hydroxylation sites is 1. The molecule has 6 nitrogen and oxygen atoms in total. The van der Waals surface area contributed by atoms with E-state index in [4.69, 9.17) is 0 Å². The van der Waals surface area contributed by atoms with E-state index in [1.54, 1.807) is 4.90 Å². The highest BCUT2D eigenvalue weighted by Crippen LogP contribution is 2.25. The molecule has 1 heterocycles. The molecule has 1 N–H and O–H groups in total. The Morgan fingerprint density at radius 3 is 2.38 bits per heavy atom. The van der Waals surface area contributed by atoms with Gasteiger partial charge in [0.25, 0.3) is 0 Å². The molecule has 1 aliphatic rings. The standard InChI is InChI=1S/C33H44N4O2/c1-4-26(3)36(33(39)34-31-21-13-12-17-28(31)5-2)25-32(38)37(29-18-10-7-11-19-29)24-30-20-14-22-35(30)23-27-15-8-6-9-16-27/h6,8-9,12-17,20-22,26,29H,4-5,7,10-11,18-19,23-25H2,1-3H3,(H,34,39). The van der Waals surface area contributed by atoms with E-state index in [1.165, 1.54) is 12.0 Å². The first-order valence-corrected chi connectivity index (χ1v) is 14.6. The van der Waals surface area contributed by atoms with E-state index in [0.29, 0.717) is 6.54 Å². The molecule has 0 aliphatic heterocycles. The Balaban J connectivity index is 1.54. The van der Waals surface area contributed by atoms with Crippen molar-refractivity contribution >= 4 is 17.6 Å². The lowest BCUT2D eigenvalue weighted by Gasteiger charge is -2.37. The van der Waals surface area contributed by atoms with Gasteiger partial charge in [0.2, 0.25) is 5.91 Å². The molecule has 1 unspecified atom stereocenters. The number of nitrogens with one attached hydrogen (secondary N) is 1. The summed E-state index contributed by atoms with van der Waals surface area (Å²) in [6.07, 6.45) is 9.24. The highest BCUT2D eigenvalue weighted by atomic mass is 16.2. The molecule has 0 radical (unpaired) electrons. The van der Waals surface area contributed by atoms with Crippen LogP contribution in [0, 0.1) is 0 Å². The zero-order valence-corrected chi connectivity index (χ0v) is 23.8. The topological polar surface area (TPSA) is 57.6 Å². The number of urea groups is 1. The van der Waals surface area contributed by atoms with Gasteiger partial charge < -0.3 is 19.7 Å². The smallest absolute Gasteiger partial charge is 0.322 e. The van der Waals surface area contributed by atoms with Gasteiger partial charge in [-0.1, -0.05) is 81.6 Å². The minimum atomic E-state index is -0.213. The van der Waals surface area contributed by atoms with Crippen LogP contribution in [-0.2, 0) is 24.3 Å². The van der Waals surface area contributed by atoms with Gasteiger partial charge in [-0.15, -0.1) is 0 Å². The summed E-state index contributed by atoms with van der Waals surface area (Å²) in [7, 11) is 0.